The van der Waals surface area contributed by atoms with Gasteiger partial charge in [0, 0.05) is 25.7 Å². The van der Waals surface area contributed by atoms with Gasteiger partial charge in [-0.1, -0.05) is 275 Å². The van der Waals surface area contributed by atoms with Gasteiger partial charge in [-0.25, -0.2) is 9.13 Å². The standard InChI is InChI=1S/C83H134O17P2/c1-5-9-13-17-21-25-29-32-35-37-38-40-43-45-49-52-56-60-64-68-80(85)93-73-78(99-82(87)69-65-61-57-53-47-28-24-20-16-12-8-4)75-97-101(89,90)95-71-77(84)72-96-102(91,92)98-76-79(100-83(88)70-66-62-58-54-50-46-41-34-31-27-23-19-15-11-7-3)74-94-81(86)67-63-59-55-51-48-44-42-39-36-33-30-26-22-18-14-10-6-2/h9-11,13-15,21-23,25-27,32-36,38,40-42,44-45,49-50,54,56,60,77-79,84H,5-8,12,16-20,24,28-31,37,39,43,46-48,51-53,55,57-59,61-76H2,1-4H3,(H,89,90)(H,91,92)/b13-9-,14-10-,15-11-,25-21-,26-22-,27-23-,35-32-,36-33-,40-38-,41-34-,44-42-,49-45-,54-50-,60-56-. The van der Waals surface area contributed by atoms with Gasteiger partial charge < -0.3 is 33.8 Å². The number of esters is 4. The van der Waals surface area contributed by atoms with E-state index in [0.29, 0.717) is 38.5 Å². The van der Waals surface area contributed by atoms with E-state index in [4.69, 9.17) is 37.0 Å². The molecule has 5 unspecified atom stereocenters. The zero-order valence-electron chi connectivity index (χ0n) is 63.0. The van der Waals surface area contributed by atoms with Gasteiger partial charge in [-0.05, 0) is 141 Å². The van der Waals surface area contributed by atoms with Gasteiger partial charge in [0.15, 0.2) is 12.2 Å². The second kappa shape index (κ2) is 73.7. The number of ether oxygens (including phenoxy) is 4. The number of hydrogen-bond acceptors (Lipinski definition) is 15. The van der Waals surface area contributed by atoms with Crippen molar-refractivity contribution in [1.29, 1.82) is 0 Å². The topological polar surface area (TPSA) is 237 Å². The number of aliphatic hydroxyl groups excluding tert-OH is 1. The maximum absolute atomic E-state index is 13.1. The first-order valence-corrected chi connectivity index (χ1v) is 41.4. The van der Waals surface area contributed by atoms with Crippen molar-refractivity contribution < 1.29 is 80.2 Å². The number of phosphoric ester groups is 2. The smallest absolute Gasteiger partial charge is 0.462 e. The highest BCUT2D eigenvalue weighted by molar-refractivity contribution is 7.47. The number of aliphatic hydroxyl groups is 1. The fraction of sp³-hybridized carbons (Fsp3) is 0.614. The largest absolute Gasteiger partial charge is 0.472 e. The molecule has 3 N–H and O–H groups in total. The van der Waals surface area contributed by atoms with E-state index < -0.39 is 97.5 Å². The molecule has 0 aliphatic carbocycles. The van der Waals surface area contributed by atoms with Gasteiger partial charge in [0.1, 0.15) is 19.3 Å². The second-order valence-electron chi connectivity index (χ2n) is 24.8. The molecule has 5 atom stereocenters. The van der Waals surface area contributed by atoms with Crippen molar-refractivity contribution in [3.8, 4) is 0 Å². The third-order valence-corrected chi connectivity index (χ3v) is 17.1. The van der Waals surface area contributed by atoms with Crippen LogP contribution in [0.2, 0.25) is 0 Å². The van der Waals surface area contributed by atoms with Crippen molar-refractivity contribution in [2.75, 3.05) is 39.6 Å². The molecule has 0 rings (SSSR count). The van der Waals surface area contributed by atoms with Crippen LogP contribution in [0.4, 0.5) is 0 Å². The minimum Gasteiger partial charge on any atom is -0.462 e. The van der Waals surface area contributed by atoms with Crippen molar-refractivity contribution in [3.05, 3.63) is 170 Å². The number of allylic oxidation sites excluding steroid dienone is 28. The first-order valence-electron chi connectivity index (χ1n) is 38.4. The van der Waals surface area contributed by atoms with Gasteiger partial charge in [-0.3, -0.25) is 37.3 Å². The molecule has 0 aliphatic rings. The lowest BCUT2D eigenvalue weighted by molar-refractivity contribution is -0.161. The van der Waals surface area contributed by atoms with Gasteiger partial charge in [0.2, 0.25) is 0 Å². The highest BCUT2D eigenvalue weighted by Crippen LogP contribution is 2.45. The molecule has 0 bridgehead atoms. The van der Waals surface area contributed by atoms with Gasteiger partial charge in [-0.2, -0.15) is 0 Å². The third-order valence-electron chi connectivity index (χ3n) is 15.2. The Morgan fingerprint density at radius 3 is 0.863 bits per heavy atom. The lowest BCUT2D eigenvalue weighted by Gasteiger charge is -2.21. The molecule has 0 amide bonds. The van der Waals surface area contributed by atoms with Crippen LogP contribution in [0, 0.1) is 0 Å². The van der Waals surface area contributed by atoms with Crippen LogP contribution < -0.4 is 0 Å². The number of unbranched alkanes of at least 4 members (excludes halogenated alkanes) is 16. The Bertz CT molecular complexity index is 2600. The van der Waals surface area contributed by atoms with Crippen LogP contribution >= 0.6 is 15.6 Å². The molecule has 0 saturated carbocycles. The third kappa shape index (κ3) is 72.8. The Kier molecular flexibility index (Phi) is 69.7. The van der Waals surface area contributed by atoms with Crippen LogP contribution in [0.15, 0.2) is 170 Å². The molecule has 0 saturated heterocycles. The summed E-state index contributed by atoms with van der Waals surface area (Å²) in [7, 11) is -10.0. The van der Waals surface area contributed by atoms with E-state index >= 15 is 0 Å². The minimum atomic E-state index is -5.00. The summed E-state index contributed by atoms with van der Waals surface area (Å²) in [5.41, 5.74) is 0. The Morgan fingerprint density at radius 2 is 0.529 bits per heavy atom. The van der Waals surface area contributed by atoms with Crippen LogP contribution in [-0.2, 0) is 65.4 Å². The molecule has 0 aromatic rings. The summed E-state index contributed by atoms with van der Waals surface area (Å²) >= 11 is 0. The molecule has 19 heteroatoms. The summed E-state index contributed by atoms with van der Waals surface area (Å²) < 4.78 is 68.3. The van der Waals surface area contributed by atoms with E-state index in [0.717, 1.165) is 141 Å². The van der Waals surface area contributed by atoms with E-state index in [1.807, 2.05) is 18.2 Å². The molecule has 0 radical (unpaired) electrons. The summed E-state index contributed by atoms with van der Waals surface area (Å²) in [6, 6.07) is 0. The molecule has 578 valence electrons. The quantitative estimate of drug-likeness (QED) is 0.0169. The zero-order chi connectivity index (χ0) is 74.6. The molecule has 0 fully saturated rings. The molecule has 17 nitrogen and oxygen atoms in total. The molecular weight excluding hydrogens is 1330 g/mol. The number of carbonyl (C=O) groups is 4. The predicted molar refractivity (Wildman–Crippen MR) is 417 cm³/mol. The van der Waals surface area contributed by atoms with Crippen molar-refractivity contribution in [2.45, 2.75) is 290 Å². The highest BCUT2D eigenvalue weighted by atomic mass is 31.2. The van der Waals surface area contributed by atoms with Crippen molar-refractivity contribution in [2.24, 2.45) is 0 Å². The van der Waals surface area contributed by atoms with Crippen LogP contribution in [0.3, 0.4) is 0 Å². The second-order valence-corrected chi connectivity index (χ2v) is 27.7. The highest BCUT2D eigenvalue weighted by Gasteiger charge is 2.30. The minimum absolute atomic E-state index is 0.0296. The van der Waals surface area contributed by atoms with E-state index in [1.54, 1.807) is 0 Å². The number of hydrogen-bond donors (Lipinski definition) is 3. The molecular formula is C83H134O17P2. The maximum atomic E-state index is 13.1. The van der Waals surface area contributed by atoms with Gasteiger partial charge >= 0.3 is 39.5 Å². The summed E-state index contributed by atoms with van der Waals surface area (Å²) in [5, 5.41) is 10.6. The predicted octanol–water partition coefficient (Wildman–Crippen LogP) is 22.2. The van der Waals surface area contributed by atoms with Crippen molar-refractivity contribution >= 4 is 39.5 Å². The normalized spacial score (nSPS) is 14.9. The van der Waals surface area contributed by atoms with Gasteiger partial charge in [0.05, 0.1) is 26.4 Å². The lowest BCUT2D eigenvalue weighted by atomic mass is 10.1. The lowest BCUT2D eigenvalue weighted by Crippen LogP contribution is -2.30. The van der Waals surface area contributed by atoms with Gasteiger partial charge in [0.25, 0.3) is 0 Å². The van der Waals surface area contributed by atoms with E-state index in [9.17, 15) is 43.2 Å². The summed E-state index contributed by atoms with van der Waals surface area (Å²) in [6.45, 7) is 4.33. The van der Waals surface area contributed by atoms with Gasteiger partial charge in [-0.15, -0.1) is 0 Å². The molecule has 0 heterocycles. The molecule has 0 aliphatic heterocycles. The maximum Gasteiger partial charge on any atom is 0.472 e. The average molecular weight is 1470 g/mol. The monoisotopic (exact) mass is 1460 g/mol. The molecule has 102 heavy (non-hydrogen) atoms. The van der Waals surface area contributed by atoms with Crippen LogP contribution in [0.1, 0.15) is 272 Å². The van der Waals surface area contributed by atoms with E-state index in [-0.39, 0.29) is 25.7 Å². The van der Waals surface area contributed by atoms with E-state index in [2.05, 4.69) is 180 Å². The molecule has 0 aromatic heterocycles. The first-order chi connectivity index (χ1) is 49.7. The Balaban J connectivity index is 5.45. The SMILES string of the molecule is CC/C=C\C/C=C\C/C=C\C/C=C\C/C=C\C/C=C\CCC(=O)OCC(COP(=O)(O)OCC(O)COP(=O)(O)OCC(COC(=O)CCCCCC/C=C\C/C=C\C/C=C\C/C=C\CC)OC(=O)CCCC/C=C\C/C=C\C/C=C\C/C=C\CC)OC(=O)CCCCCCCCCCCCC. The molecule has 0 aromatic carbocycles. The summed E-state index contributed by atoms with van der Waals surface area (Å²) in [4.78, 5) is 72.8. The number of phosphoric acid groups is 2. The van der Waals surface area contributed by atoms with Crippen molar-refractivity contribution in [1.82, 2.24) is 0 Å². The average Bonchev–Trinajstić information content (AvgIpc) is 0.926. The Hall–Kier alpha value is -5.58. The Morgan fingerprint density at radius 1 is 0.284 bits per heavy atom. The first kappa shape index (κ1) is 96.4. The van der Waals surface area contributed by atoms with Crippen LogP contribution in [0.25, 0.3) is 0 Å². The summed E-state index contributed by atoms with van der Waals surface area (Å²) in [6.07, 6.45) is 86.5. The van der Waals surface area contributed by atoms with E-state index in [1.165, 1.54) is 38.5 Å². The fourth-order valence-corrected chi connectivity index (χ4v) is 11.0. The molecule has 0 spiro atoms. The Labute approximate surface area is 616 Å². The van der Waals surface area contributed by atoms with Crippen LogP contribution in [-0.4, -0.2) is 96.7 Å². The number of rotatable bonds is 70. The summed E-state index contributed by atoms with van der Waals surface area (Å²) in [5.74, 6) is -2.36. The fourth-order valence-electron chi connectivity index (χ4n) is 9.46. The van der Waals surface area contributed by atoms with Crippen LogP contribution in [0.5, 0.6) is 0 Å². The number of carbonyl (C=O) groups excluding carboxylic acids is 4. The van der Waals surface area contributed by atoms with Crippen molar-refractivity contribution in [3.63, 3.8) is 0 Å². The zero-order valence-corrected chi connectivity index (χ0v) is 64.8.